The molecule has 3 heteroatoms. The number of terminal acetylenes is 1. The fraction of sp³-hybridized carbons (Fsp3) is 0.688. The highest BCUT2D eigenvalue weighted by molar-refractivity contribution is 5.82. The summed E-state index contributed by atoms with van der Waals surface area (Å²) >= 11 is 0. The topological polar surface area (TPSA) is 46.5 Å². The van der Waals surface area contributed by atoms with Gasteiger partial charge in [0.2, 0.25) is 0 Å². The summed E-state index contributed by atoms with van der Waals surface area (Å²) < 4.78 is 4.89. The van der Waals surface area contributed by atoms with Gasteiger partial charge in [-0.25, -0.2) is 4.79 Å². The lowest BCUT2D eigenvalue weighted by Gasteiger charge is -2.41. The zero-order valence-electron chi connectivity index (χ0n) is 11.9. The van der Waals surface area contributed by atoms with Crippen molar-refractivity contribution in [3.8, 4) is 12.3 Å². The number of hydrogen-bond donors (Lipinski definition) is 1. The van der Waals surface area contributed by atoms with Crippen molar-refractivity contribution in [2.75, 3.05) is 6.61 Å². The summed E-state index contributed by atoms with van der Waals surface area (Å²) in [4.78, 5) is 11.5. The average molecular weight is 264 g/mol. The molecule has 1 aliphatic carbocycles. The van der Waals surface area contributed by atoms with Crippen LogP contribution in [0, 0.1) is 17.8 Å². The van der Waals surface area contributed by atoms with Crippen LogP contribution in [0.5, 0.6) is 0 Å². The zero-order chi connectivity index (χ0) is 14.4. The molecule has 1 fully saturated rings. The molecule has 0 saturated heterocycles. The van der Waals surface area contributed by atoms with E-state index in [-0.39, 0.29) is 5.97 Å². The van der Waals surface area contributed by atoms with Crippen molar-refractivity contribution in [2.45, 2.75) is 58.0 Å². The maximum Gasteiger partial charge on any atom is 0.330 e. The molecule has 0 bridgehead atoms. The van der Waals surface area contributed by atoms with E-state index in [1.165, 1.54) is 6.08 Å². The lowest BCUT2D eigenvalue weighted by molar-refractivity contribution is -0.137. The molecule has 0 amide bonds. The standard InChI is InChI=1S/C16H24O3/c1-4-10-16(18)12-8-6-7-11-15(16,3)13-9-14(17)19-5-2/h1,9,13,18H,5-8,10-12H2,2-3H3/b13-9+/t15-,16-/m1/s1. The highest BCUT2D eigenvalue weighted by Gasteiger charge is 2.45. The molecule has 19 heavy (non-hydrogen) atoms. The number of esters is 1. The number of rotatable bonds is 4. The Kier molecular flexibility index (Phi) is 5.62. The van der Waals surface area contributed by atoms with Crippen LogP contribution in [0.3, 0.4) is 0 Å². The van der Waals surface area contributed by atoms with E-state index in [0.29, 0.717) is 19.4 Å². The Morgan fingerprint density at radius 3 is 2.74 bits per heavy atom. The Morgan fingerprint density at radius 1 is 1.42 bits per heavy atom. The number of carbonyl (C=O) groups excluding carboxylic acids is 1. The van der Waals surface area contributed by atoms with Gasteiger partial charge in [-0.3, -0.25) is 0 Å². The van der Waals surface area contributed by atoms with Crippen molar-refractivity contribution in [1.82, 2.24) is 0 Å². The second kappa shape index (κ2) is 6.77. The normalized spacial score (nSPS) is 31.7. The fourth-order valence-electron chi connectivity index (χ4n) is 2.74. The van der Waals surface area contributed by atoms with Crippen molar-refractivity contribution in [3.63, 3.8) is 0 Å². The highest BCUT2D eigenvalue weighted by Crippen LogP contribution is 2.45. The molecule has 1 saturated carbocycles. The second-order valence-electron chi connectivity index (χ2n) is 5.48. The molecule has 0 aromatic rings. The molecule has 106 valence electrons. The van der Waals surface area contributed by atoms with Crippen molar-refractivity contribution in [1.29, 1.82) is 0 Å². The lowest BCUT2D eigenvalue weighted by atomic mass is 9.68. The summed E-state index contributed by atoms with van der Waals surface area (Å²) in [7, 11) is 0. The first-order valence-corrected chi connectivity index (χ1v) is 6.99. The second-order valence-corrected chi connectivity index (χ2v) is 5.48. The Balaban J connectivity index is 2.94. The Morgan fingerprint density at radius 2 is 2.11 bits per heavy atom. The van der Waals surface area contributed by atoms with E-state index in [1.807, 2.05) is 6.92 Å². The van der Waals surface area contributed by atoms with E-state index in [1.54, 1.807) is 13.0 Å². The van der Waals surface area contributed by atoms with Crippen LogP contribution in [-0.2, 0) is 9.53 Å². The molecular weight excluding hydrogens is 240 g/mol. The van der Waals surface area contributed by atoms with Crippen LogP contribution in [-0.4, -0.2) is 23.3 Å². The number of aliphatic hydroxyl groups is 1. The van der Waals surface area contributed by atoms with Gasteiger partial charge in [0.05, 0.1) is 12.2 Å². The number of ether oxygens (including phenoxy) is 1. The van der Waals surface area contributed by atoms with Gasteiger partial charge < -0.3 is 9.84 Å². The molecular formula is C16H24O3. The van der Waals surface area contributed by atoms with Crippen LogP contribution in [0.1, 0.15) is 52.4 Å². The smallest absolute Gasteiger partial charge is 0.330 e. The molecule has 0 aromatic carbocycles. The highest BCUT2D eigenvalue weighted by atomic mass is 16.5. The maximum absolute atomic E-state index is 11.5. The van der Waals surface area contributed by atoms with Crippen molar-refractivity contribution < 1.29 is 14.6 Å². The van der Waals surface area contributed by atoms with Crippen LogP contribution in [0.15, 0.2) is 12.2 Å². The quantitative estimate of drug-likeness (QED) is 0.367. The van der Waals surface area contributed by atoms with E-state index in [0.717, 1.165) is 25.7 Å². The first-order chi connectivity index (χ1) is 8.97. The average Bonchev–Trinajstić information content (AvgIpc) is 2.49. The summed E-state index contributed by atoms with van der Waals surface area (Å²) in [6.45, 7) is 4.10. The number of hydrogen-bond acceptors (Lipinski definition) is 3. The van der Waals surface area contributed by atoms with Gasteiger partial charge in [0.1, 0.15) is 0 Å². The molecule has 0 unspecified atom stereocenters. The van der Waals surface area contributed by atoms with Gasteiger partial charge in [0.25, 0.3) is 0 Å². The molecule has 1 rings (SSSR count). The molecule has 0 heterocycles. The first kappa shape index (κ1) is 15.8. The minimum absolute atomic E-state index is 0.316. The molecule has 0 aromatic heterocycles. The van der Waals surface area contributed by atoms with Gasteiger partial charge in [0, 0.05) is 17.9 Å². The SMILES string of the molecule is C#CC[C@@]1(O)CCCCC[C@]1(C)/C=C/C(=O)OCC. The van der Waals surface area contributed by atoms with Crippen LogP contribution in [0.2, 0.25) is 0 Å². The van der Waals surface area contributed by atoms with E-state index in [4.69, 9.17) is 11.2 Å². The summed E-state index contributed by atoms with van der Waals surface area (Å²) in [6.07, 6.45) is 13.5. The Labute approximate surface area is 116 Å². The van der Waals surface area contributed by atoms with E-state index < -0.39 is 11.0 Å². The third-order valence-corrected chi connectivity index (χ3v) is 4.12. The van der Waals surface area contributed by atoms with E-state index in [2.05, 4.69) is 5.92 Å². The summed E-state index contributed by atoms with van der Waals surface area (Å²) in [5.74, 6) is 2.21. The predicted molar refractivity (Wildman–Crippen MR) is 75.4 cm³/mol. The van der Waals surface area contributed by atoms with Crippen molar-refractivity contribution in [2.24, 2.45) is 5.41 Å². The summed E-state index contributed by atoms with van der Waals surface area (Å²) in [6, 6.07) is 0. The molecule has 0 spiro atoms. The van der Waals surface area contributed by atoms with Gasteiger partial charge in [-0.15, -0.1) is 12.3 Å². The molecule has 1 N–H and O–H groups in total. The Hall–Kier alpha value is -1.27. The van der Waals surface area contributed by atoms with Gasteiger partial charge >= 0.3 is 5.97 Å². The van der Waals surface area contributed by atoms with Gasteiger partial charge in [-0.05, 0) is 19.8 Å². The maximum atomic E-state index is 11.5. The third kappa shape index (κ3) is 3.84. The third-order valence-electron chi connectivity index (χ3n) is 4.12. The van der Waals surface area contributed by atoms with Gasteiger partial charge in [-0.2, -0.15) is 0 Å². The molecule has 0 aliphatic heterocycles. The van der Waals surface area contributed by atoms with Crippen LogP contribution in [0.4, 0.5) is 0 Å². The summed E-state index contributed by atoms with van der Waals surface area (Å²) in [5, 5.41) is 10.9. The van der Waals surface area contributed by atoms with Crippen LogP contribution in [0.25, 0.3) is 0 Å². The molecule has 0 radical (unpaired) electrons. The van der Waals surface area contributed by atoms with E-state index in [9.17, 15) is 9.90 Å². The van der Waals surface area contributed by atoms with Gasteiger partial charge in [-0.1, -0.05) is 32.3 Å². The minimum atomic E-state index is -0.929. The number of carbonyl (C=O) groups is 1. The first-order valence-electron chi connectivity index (χ1n) is 6.99. The molecule has 3 nitrogen and oxygen atoms in total. The fourth-order valence-corrected chi connectivity index (χ4v) is 2.74. The van der Waals surface area contributed by atoms with Crippen molar-refractivity contribution in [3.05, 3.63) is 12.2 Å². The molecule has 1 aliphatic rings. The minimum Gasteiger partial charge on any atom is -0.463 e. The molecule has 2 atom stereocenters. The van der Waals surface area contributed by atoms with E-state index >= 15 is 0 Å². The van der Waals surface area contributed by atoms with Crippen LogP contribution < -0.4 is 0 Å². The zero-order valence-corrected chi connectivity index (χ0v) is 11.9. The van der Waals surface area contributed by atoms with Crippen LogP contribution >= 0.6 is 0 Å². The largest absolute Gasteiger partial charge is 0.463 e. The van der Waals surface area contributed by atoms with Crippen molar-refractivity contribution >= 4 is 5.97 Å². The monoisotopic (exact) mass is 264 g/mol. The Bertz CT molecular complexity index is 380. The lowest BCUT2D eigenvalue weighted by Crippen LogP contribution is -2.44. The van der Waals surface area contributed by atoms with Gasteiger partial charge in [0.15, 0.2) is 0 Å². The summed E-state index contributed by atoms with van der Waals surface area (Å²) in [5.41, 5.74) is -1.40. The predicted octanol–water partition coefficient (Wildman–Crippen LogP) is 2.83.